The van der Waals surface area contributed by atoms with Crippen LogP contribution in [0.15, 0.2) is 36.6 Å². The van der Waals surface area contributed by atoms with Crippen LogP contribution in [-0.2, 0) is 4.74 Å². The molecule has 0 amide bonds. The Bertz CT molecular complexity index is 287. The van der Waals surface area contributed by atoms with Crippen LogP contribution in [0.25, 0.3) is 5.57 Å². The highest BCUT2D eigenvalue weighted by Gasteiger charge is 1.93. The lowest BCUT2D eigenvalue weighted by molar-refractivity contribution is 0.243. The second-order valence-electron chi connectivity index (χ2n) is 3.74. The van der Waals surface area contributed by atoms with Gasteiger partial charge in [-0.2, -0.15) is 0 Å². The van der Waals surface area contributed by atoms with Gasteiger partial charge in [-0.3, -0.25) is 0 Å². The van der Waals surface area contributed by atoms with Crippen LogP contribution in [0.3, 0.4) is 0 Å². The molecule has 0 aliphatic carbocycles. The summed E-state index contributed by atoms with van der Waals surface area (Å²) in [5.41, 5.74) is 2.42. The van der Waals surface area contributed by atoms with Crippen molar-refractivity contribution >= 4 is 5.57 Å². The van der Waals surface area contributed by atoms with Crippen LogP contribution in [0.1, 0.15) is 38.7 Å². The average molecular weight is 204 g/mol. The minimum atomic E-state index is 0.831. The standard InChI is InChI=1S/C14H20O/c1-3-4-8-11-15-12-13(2)14-9-6-5-7-10-14/h5-7,9-10,12H,3-4,8,11H2,1-2H3. The van der Waals surface area contributed by atoms with Gasteiger partial charge in [0.25, 0.3) is 0 Å². The third kappa shape index (κ3) is 4.68. The van der Waals surface area contributed by atoms with E-state index >= 15 is 0 Å². The Balaban J connectivity index is 2.33. The summed E-state index contributed by atoms with van der Waals surface area (Å²) in [7, 11) is 0. The molecule has 0 aliphatic rings. The van der Waals surface area contributed by atoms with Crippen LogP contribution in [0.4, 0.5) is 0 Å². The number of rotatable bonds is 6. The average Bonchev–Trinajstić information content (AvgIpc) is 2.30. The van der Waals surface area contributed by atoms with Crippen molar-refractivity contribution in [3.63, 3.8) is 0 Å². The van der Waals surface area contributed by atoms with Gasteiger partial charge in [-0.25, -0.2) is 0 Å². The van der Waals surface area contributed by atoms with Crippen molar-refractivity contribution in [2.45, 2.75) is 33.1 Å². The maximum atomic E-state index is 5.49. The molecule has 0 aromatic heterocycles. The van der Waals surface area contributed by atoms with Crippen molar-refractivity contribution in [2.75, 3.05) is 6.61 Å². The topological polar surface area (TPSA) is 9.23 Å². The summed E-state index contributed by atoms with van der Waals surface area (Å²) >= 11 is 0. The van der Waals surface area contributed by atoms with Gasteiger partial charge in [-0.1, -0.05) is 50.1 Å². The zero-order chi connectivity index (χ0) is 10.9. The van der Waals surface area contributed by atoms with Crippen LogP contribution in [0, 0.1) is 0 Å². The summed E-state index contributed by atoms with van der Waals surface area (Å²) in [6.45, 7) is 5.11. The summed E-state index contributed by atoms with van der Waals surface area (Å²) in [6, 6.07) is 10.3. The van der Waals surface area contributed by atoms with E-state index in [9.17, 15) is 0 Å². The van der Waals surface area contributed by atoms with E-state index in [1.54, 1.807) is 0 Å². The second-order valence-corrected chi connectivity index (χ2v) is 3.74. The quantitative estimate of drug-likeness (QED) is 0.497. The van der Waals surface area contributed by atoms with Gasteiger partial charge >= 0.3 is 0 Å². The first-order chi connectivity index (χ1) is 7.34. The van der Waals surface area contributed by atoms with E-state index in [1.165, 1.54) is 24.0 Å². The minimum Gasteiger partial charge on any atom is -0.501 e. The lowest BCUT2D eigenvalue weighted by Gasteiger charge is -2.03. The molecule has 0 heterocycles. The highest BCUT2D eigenvalue weighted by molar-refractivity contribution is 5.62. The normalized spacial score (nSPS) is 11.5. The summed E-state index contributed by atoms with van der Waals surface area (Å²) in [5, 5.41) is 0. The van der Waals surface area contributed by atoms with E-state index in [0.717, 1.165) is 13.0 Å². The van der Waals surface area contributed by atoms with E-state index in [0.29, 0.717) is 0 Å². The van der Waals surface area contributed by atoms with Gasteiger partial charge < -0.3 is 4.74 Å². The molecule has 0 bridgehead atoms. The van der Waals surface area contributed by atoms with Crippen LogP contribution in [-0.4, -0.2) is 6.61 Å². The number of hydrogen-bond acceptors (Lipinski definition) is 1. The number of benzene rings is 1. The van der Waals surface area contributed by atoms with Gasteiger partial charge in [0.05, 0.1) is 12.9 Å². The van der Waals surface area contributed by atoms with Crippen molar-refractivity contribution in [3.05, 3.63) is 42.2 Å². The Morgan fingerprint density at radius 1 is 1.20 bits per heavy atom. The molecule has 0 fully saturated rings. The summed E-state index contributed by atoms with van der Waals surface area (Å²) in [5.74, 6) is 0. The van der Waals surface area contributed by atoms with Crippen molar-refractivity contribution in [2.24, 2.45) is 0 Å². The number of unbranched alkanes of at least 4 members (excludes halogenated alkanes) is 2. The van der Waals surface area contributed by atoms with Gasteiger partial charge in [0.15, 0.2) is 0 Å². The predicted octanol–water partition coefficient (Wildman–Crippen LogP) is 4.25. The second kappa shape index (κ2) is 7.10. The fourth-order valence-electron chi connectivity index (χ4n) is 1.39. The molecule has 0 atom stereocenters. The Morgan fingerprint density at radius 2 is 1.93 bits per heavy atom. The highest BCUT2D eigenvalue weighted by Crippen LogP contribution is 2.12. The molecular weight excluding hydrogens is 184 g/mol. The maximum absolute atomic E-state index is 5.49. The van der Waals surface area contributed by atoms with E-state index < -0.39 is 0 Å². The molecule has 1 rings (SSSR count). The number of allylic oxidation sites excluding steroid dienone is 1. The third-order valence-corrected chi connectivity index (χ3v) is 2.35. The summed E-state index contributed by atoms with van der Waals surface area (Å²) < 4.78 is 5.49. The van der Waals surface area contributed by atoms with Gasteiger partial charge in [-0.15, -0.1) is 0 Å². The summed E-state index contributed by atoms with van der Waals surface area (Å²) in [6.07, 6.45) is 5.50. The van der Waals surface area contributed by atoms with Crippen LogP contribution < -0.4 is 0 Å². The molecule has 0 aliphatic heterocycles. The van der Waals surface area contributed by atoms with E-state index in [-0.39, 0.29) is 0 Å². The lowest BCUT2D eigenvalue weighted by atomic mass is 10.1. The lowest BCUT2D eigenvalue weighted by Crippen LogP contribution is -1.88. The molecule has 82 valence electrons. The first-order valence-corrected chi connectivity index (χ1v) is 5.68. The van der Waals surface area contributed by atoms with E-state index in [1.807, 2.05) is 24.5 Å². The molecule has 1 aromatic carbocycles. The molecular formula is C14H20O. The SMILES string of the molecule is CCCCCOC=C(C)c1ccccc1. The monoisotopic (exact) mass is 204 g/mol. The zero-order valence-corrected chi connectivity index (χ0v) is 9.70. The van der Waals surface area contributed by atoms with Crippen LogP contribution >= 0.6 is 0 Å². The molecule has 0 spiro atoms. The smallest absolute Gasteiger partial charge is 0.0873 e. The van der Waals surface area contributed by atoms with E-state index in [2.05, 4.69) is 26.0 Å². The maximum Gasteiger partial charge on any atom is 0.0873 e. The molecule has 0 saturated carbocycles. The molecule has 15 heavy (non-hydrogen) atoms. The molecule has 0 saturated heterocycles. The Hall–Kier alpha value is -1.24. The summed E-state index contributed by atoms with van der Waals surface area (Å²) in [4.78, 5) is 0. The predicted molar refractivity (Wildman–Crippen MR) is 65.6 cm³/mol. The number of hydrogen-bond donors (Lipinski definition) is 0. The van der Waals surface area contributed by atoms with Gasteiger partial charge in [0.1, 0.15) is 0 Å². The van der Waals surface area contributed by atoms with Gasteiger partial charge in [-0.05, 0) is 24.5 Å². The van der Waals surface area contributed by atoms with Crippen LogP contribution in [0.2, 0.25) is 0 Å². The van der Waals surface area contributed by atoms with Crippen LogP contribution in [0.5, 0.6) is 0 Å². The third-order valence-electron chi connectivity index (χ3n) is 2.35. The molecule has 1 heteroatoms. The Labute approximate surface area is 92.8 Å². The van der Waals surface area contributed by atoms with Gasteiger partial charge in [0, 0.05) is 0 Å². The first kappa shape index (κ1) is 11.8. The Kier molecular flexibility index (Phi) is 5.60. The van der Waals surface area contributed by atoms with Crippen molar-refractivity contribution < 1.29 is 4.74 Å². The van der Waals surface area contributed by atoms with Crippen molar-refractivity contribution in [1.29, 1.82) is 0 Å². The molecule has 1 aromatic rings. The Morgan fingerprint density at radius 3 is 2.60 bits per heavy atom. The van der Waals surface area contributed by atoms with Crippen molar-refractivity contribution in [3.8, 4) is 0 Å². The molecule has 0 radical (unpaired) electrons. The fourth-order valence-corrected chi connectivity index (χ4v) is 1.39. The largest absolute Gasteiger partial charge is 0.501 e. The molecule has 0 unspecified atom stereocenters. The van der Waals surface area contributed by atoms with E-state index in [4.69, 9.17) is 4.74 Å². The number of ether oxygens (including phenoxy) is 1. The fraction of sp³-hybridized carbons (Fsp3) is 0.429. The molecule has 1 nitrogen and oxygen atoms in total. The minimum absolute atomic E-state index is 0.831. The highest BCUT2D eigenvalue weighted by atomic mass is 16.5. The molecule has 0 N–H and O–H groups in total. The van der Waals surface area contributed by atoms with Crippen molar-refractivity contribution in [1.82, 2.24) is 0 Å². The van der Waals surface area contributed by atoms with Gasteiger partial charge in [0.2, 0.25) is 0 Å². The first-order valence-electron chi connectivity index (χ1n) is 5.68. The zero-order valence-electron chi connectivity index (χ0n) is 9.70.